The molecule has 0 aliphatic carbocycles. The molecule has 0 spiro atoms. The number of thiazole rings is 1. The number of benzene rings is 1. The summed E-state index contributed by atoms with van der Waals surface area (Å²) in [6.07, 6.45) is -0.572. The van der Waals surface area contributed by atoms with Crippen molar-refractivity contribution in [2.45, 2.75) is 58.2 Å². The Bertz CT molecular complexity index is 1320. The number of aliphatic hydroxyl groups excluding tert-OH is 1. The standard InChI is InChI=1S/C29H38N6O4S/c1-17(2)26(24-14-25(33-39-24)34-11-9-30-10-12-34)29(38)35-15-22(36)13-23(35)28(37)32-18(3)20-5-7-21(8-6-20)27-19(4)31-16-40-27/h5-8,14,16-18,22-23,26,30,36H,9-13,15H2,1-4H3,(H,32,37). The molecule has 0 saturated carbocycles. The first kappa shape index (κ1) is 28.3. The number of aliphatic hydroxyl groups is 1. The Balaban J connectivity index is 1.28. The zero-order valence-corrected chi connectivity index (χ0v) is 24.3. The van der Waals surface area contributed by atoms with Crippen molar-refractivity contribution < 1.29 is 19.2 Å². The Hall–Kier alpha value is -3.28. The van der Waals surface area contributed by atoms with Crippen LogP contribution in [0.15, 0.2) is 40.4 Å². The summed E-state index contributed by atoms with van der Waals surface area (Å²) in [5, 5.41) is 21.1. The number of amides is 2. The van der Waals surface area contributed by atoms with Crippen LogP contribution in [-0.2, 0) is 9.59 Å². The van der Waals surface area contributed by atoms with E-state index in [1.54, 1.807) is 11.3 Å². The molecule has 2 amide bonds. The molecule has 4 heterocycles. The first-order chi connectivity index (χ1) is 19.2. The average molecular weight is 567 g/mol. The first-order valence-corrected chi connectivity index (χ1v) is 14.8. The molecule has 2 aliphatic heterocycles. The number of anilines is 1. The minimum absolute atomic E-state index is 0.0857. The van der Waals surface area contributed by atoms with E-state index < -0.39 is 18.1 Å². The lowest BCUT2D eigenvalue weighted by atomic mass is 9.91. The predicted octanol–water partition coefficient (Wildman–Crippen LogP) is 3.09. The molecular weight excluding hydrogens is 528 g/mol. The summed E-state index contributed by atoms with van der Waals surface area (Å²) in [7, 11) is 0. The SMILES string of the molecule is Cc1ncsc1-c1ccc(C(C)NC(=O)C2CC(O)CN2C(=O)C(c2cc(N3CCNCC3)no2)C(C)C)cc1. The third-order valence-corrected chi connectivity index (χ3v) is 8.82. The van der Waals surface area contributed by atoms with Gasteiger partial charge in [-0.2, -0.15) is 0 Å². The second-order valence-corrected chi connectivity index (χ2v) is 11.9. The van der Waals surface area contributed by atoms with Gasteiger partial charge in [-0.05, 0) is 30.9 Å². The van der Waals surface area contributed by atoms with Crippen molar-refractivity contribution in [3.8, 4) is 10.4 Å². The molecule has 2 fully saturated rings. The number of nitrogens with zero attached hydrogens (tertiary/aromatic N) is 4. The van der Waals surface area contributed by atoms with Crippen LogP contribution in [0, 0.1) is 12.8 Å². The molecule has 214 valence electrons. The molecule has 3 N–H and O–H groups in total. The summed E-state index contributed by atoms with van der Waals surface area (Å²) in [5.74, 6) is 0.00472. The van der Waals surface area contributed by atoms with Crippen molar-refractivity contribution in [1.82, 2.24) is 25.7 Å². The lowest BCUT2D eigenvalue weighted by Crippen LogP contribution is -2.48. The Morgan fingerprint density at radius 1 is 1.18 bits per heavy atom. The number of likely N-dealkylation sites (tertiary alicyclic amines) is 1. The van der Waals surface area contributed by atoms with Crippen molar-refractivity contribution >= 4 is 29.0 Å². The smallest absolute Gasteiger partial charge is 0.243 e. The second kappa shape index (κ2) is 12.1. The molecular formula is C29H38N6O4S. The van der Waals surface area contributed by atoms with Gasteiger partial charge in [-0.15, -0.1) is 11.3 Å². The van der Waals surface area contributed by atoms with Gasteiger partial charge in [0.25, 0.3) is 0 Å². The Morgan fingerprint density at radius 2 is 1.90 bits per heavy atom. The van der Waals surface area contributed by atoms with E-state index in [2.05, 4.69) is 25.7 Å². The Morgan fingerprint density at radius 3 is 2.55 bits per heavy atom. The summed E-state index contributed by atoms with van der Waals surface area (Å²) < 4.78 is 5.68. The van der Waals surface area contributed by atoms with Crippen LogP contribution < -0.4 is 15.5 Å². The fourth-order valence-corrected chi connectivity index (χ4v) is 6.40. The lowest BCUT2D eigenvalue weighted by Gasteiger charge is -2.29. The number of hydrogen-bond donors (Lipinski definition) is 3. The number of nitrogens with one attached hydrogen (secondary N) is 2. The molecule has 10 nitrogen and oxygen atoms in total. The fraction of sp³-hybridized carbons (Fsp3) is 0.517. The highest BCUT2D eigenvalue weighted by Crippen LogP contribution is 2.33. The van der Waals surface area contributed by atoms with Crippen LogP contribution in [0.5, 0.6) is 0 Å². The number of β-amino-alcohol motifs (C(OH)–C–C–N with tert-alkyl or cyclic N) is 1. The fourth-order valence-electron chi connectivity index (χ4n) is 5.58. The molecule has 3 aromatic rings. The molecule has 4 unspecified atom stereocenters. The van der Waals surface area contributed by atoms with Gasteiger partial charge in [-0.1, -0.05) is 43.3 Å². The van der Waals surface area contributed by atoms with Gasteiger partial charge in [-0.3, -0.25) is 9.59 Å². The molecule has 0 radical (unpaired) electrons. The second-order valence-electron chi connectivity index (χ2n) is 11.1. The highest BCUT2D eigenvalue weighted by atomic mass is 32.1. The van der Waals surface area contributed by atoms with Gasteiger partial charge < -0.3 is 30.1 Å². The highest BCUT2D eigenvalue weighted by Gasteiger charge is 2.43. The van der Waals surface area contributed by atoms with Crippen LogP contribution in [0.4, 0.5) is 5.82 Å². The molecule has 2 aromatic heterocycles. The van der Waals surface area contributed by atoms with Gasteiger partial charge in [0.1, 0.15) is 12.0 Å². The largest absolute Gasteiger partial charge is 0.391 e. The first-order valence-electron chi connectivity index (χ1n) is 13.9. The van der Waals surface area contributed by atoms with E-state index in [-0.39, 0.29) is 36.7 Å². The Kier molecular flexibility index (Phi) is 8.53. The number of carbonyl (C=O) groups is 2. The maximum atomic E-state index is 13.9. The molecule has 2 aliphatic rings. The van der Waals surface area contributed by atoms with E-state index in [9.17, 15) is 14.7 Å². The molecule has 1 aromatic carbocycles. The normalized spacial score (nSPS) is 21.1. The van der Waals surface area contributed by atoms with Crippen molar-refractivity contribution in [3.05, 3.63) is 52.9 Å². The van der Waals surface area contributed by atoms with Crippen LogP contribution in [0.2, 0.25) is 0 Å². The van der Waals surface area contributed by atoms with E-state index in [4.69, 9.17) is 4.52 Å². The molecule has 40 heavy (non-hydrogen) atoms. The molecule has 4 atom stereocenters. The van der Waals surface area contributed by atoms with Crippen molar-refractivity contribution in [2.75, 3.05) is 37.6 Å². The van der Waals surface area contributed by atoms with Gasteiger partial charge in [0.2, 0.25) is 11.8 Å². The van der Waals surface area contributed by atoms with Gasteiger partial charge in [0.05, 0.1) is 28.2 Å². The minimum Gasteiger partial charge on any atom is -0.391 e. The van der Waals surface area contributed by atoms with Crippen molar-refractivity contribution in [1.29, 1.82) is 0 Å². The summed E-state index contributed by atoms with van der Waals surface area (Å²) >= 11 is 1.60. The molecule has 5 rings (SSSR count). The van der Waals surface area contributed by atoms with E-state index in [0.717, 1.165) is 53.7 Å². The van der Waals surface area contributed by atoms with Gasteiger partial charge in [0.15, 0.2) is 11.6 Å². The molecule has 0 bridgehead atoms. The lowest BCUT2D eigenvalue weighted by molar-refractivity contribution is -0.141. The van der Waals surface area contributed by atoms with E-state index in [1.807, 2.05) is 63.5 Å². The Labute approximate surface area is 238 Å². The topological polar surface area (TPSA) is 124 Å². The van der Waals surface area contributed by atoms with Gasteiger partial charge in [0, 0.05) is 45.2 Å². The number of aromatic nitrogens is 2. The summed E-state index contributed by atoms with van der Waals surface area (Å²) in [4.78, 5) is 36.4. The van der Waals surface area contributed by atoms with Gasteiger partial charge in [-0.25, -0.2) is 4.98 Å². The zero-order chi connectivity index (χ0) is 28.4. The number of carbonyl (C=O) groups excluding carboxylic acids is 2. The average Bonchev–Trinajstić information content (AvgIpc) is 3.69. The van der Waals surface area contributed by atoms with Crippen LogP contribution >= 0.6 is 11.3 Å². The van der Waals surface area contributed by atoms with Crippen molar-refractivity contribution in [3.63, 3.8) is 0 Å². The maximum absolute atomic E-state index is 13.9. The number of rotatable bonds is 8. The highest BCUT2D eigenvalue weighted by molar-refractivity contribution is 7.13. The minimum atomic E-state index is -0.768. The van der Waals surface area contributed by atoms with Crippen molar-refractivity contribution in [2.24, 2.45) is 5.92 Å². The summed E-state index contributed by atoms with van der Waals surface area (Å²) in [6, 6.07) is 8.88. The monoisotopic (exact) mass is 566 g/mol. The molecule has 2 saturated heterocycles. The van der Waals surface area contributed by atoms with Crippen LogP contribution in [-0.4, -0.2) is 76.8 Å². The van der Waals surface area contributed by atoms with Crippen LogP contribution in [0.25, 0.3) is 10.4 Å². The van der Waals surface area contributed by atoms with Gasteiger partial charge >= 0.3 is 0 Å². The number of piperazine rings is 1. The van der Waals surface area contributed by atoms with Crippen LogP contribution in [0.1, 0.15) is 56.2 Å². The van der Waals surface area contributed by atoms with E-state index in [1.165, 1.54) is 4.90 Å². The third kappa shape index (κ3) is 5.91. The number of aryl methyl sites for hydroxylation is 1. The van der Waals surface area contributed by atoms with E-state index in [0.29, 0.717) is 5.76 Å². The number of hydrogen-bond acceptors (Lipinski definition) is 9. The van der Waals surface area contributed by atoms with E-state index >= 15 is 0 Å². The maximum Gasteiger partial charge on any atom is 0.243 e. The molecule has 11 heteroatoms. The predicted molar refractivity (Wildman–Crippen MR) is 154 cm³/mol. The zero-order valence-electron chi connectivity index (χ0n) is 23.5. The van der Waals surface area contributed by atoms with Crippen LogP contribution in [0.3, 0.4) is 0 Å². The quantitative estimate of drug-likeness (QED) is 0.380. The third-order valence-electron chi connectivity index (χ3n) is 7.84. The summed E-state index contributed by atoms with van der Waals surface area (Å²) in [5.41, 5.74) is 4.87. The summed E-state index contributed by atoms with van der Waals surface area (Å²) in [6.45, 7) is 11.3.